The molecule has 1 aliphatic rings. The number of pyridine rings is 1. The number of methoxy groups -OCH3 is 2. The highest BCUT2D eigenvalue weighted by molar-refractivity contribution is 7.07. The molecule has 0 spiro atoms. The topological polar surface area (TPSA) is 92.0 Å². The Morgan fingerprint density at radius 2 is 1.97 bits per heavy atom. The van der Waals surface area contributed by atoms with Gasteiger partial charge >= 0.3 is 5.97 Å². The Morgan fingerprint density at radius 1 is 1.16 bits per heavy atom. The lowest BCUT2D eigenvalue weighted by molar-refractivity contribution is -0.139. The number of carbonyl (C=O) groups excluding carboxylic acids is 1. The van der Waals surface area contributed by atoms with Crippen LogP contribution in [0.2, 0.25) is 0 Å². The van der Waals surface area contributed by atoms with E-state index < -0.39 is 12.0 Å². The van der Waals surface area contributed by atoms with Crippen molar-refractivity contribution in [1.29, 1.82) is 0 Å². The average molecular weight is 516 g/mol. The molecule has 5 rings (SSSR count). The average Bonchev–Trinajstić information content (AvgIpc) is 3.21. The minimum absolute atomic E-state index is 0.189. The van der Waals surface area contributed by atoms with E-state index in [9.17, 15) is 9.59 Å². The fourth-order valence-corrected chi connectivity index (χ4v) is 5.61. The van der Waals surface area contributed by atoms with E-state index in [1.165, 1.54) is 11.3 Å². The van der Waals surface area contributed by atoms with Gasteiger partial charge in [-0.25, -0.2) is 9.79 Å². The Morgan fingerprint density at radius 3 is 2.68 bits per heavy atom. The highest BCUT2D eigenvalue weighted by Gasteiger charge is 2.36. The lowest BCUT2D eigenvalue weighted by atomic mass is 9.90. The number of hydrogen-bond donors (Lipinski definition) is 0. The van der Waals surface area contributed by atoms with Crippen molar-refractivity contribution >= 4 is 34.2 Å². The zero-order valence-corrected chi connectivity index (χ0v) is 21.7. The van der Waals surface area contributed by atoms with Gasteiger partial charge in [0.05, 0.1) is 36.6 Å². The van der Waals surface area contributed by atoms with Gasteiger partial charge in [-0.15, -0.1) is 0 Å². The minimum atomic E-state index is -0.822. The number of carbonyl (C=O) groups is 1. The highest BCUT2D eigenvalue weighted by Crippen LogP contribution is 2.41. The van der Waals surface area contributed by atoms with E-state index in [2.05, 4.69) is 9.98 Å². The van der Waals surface area contributed by atoms with Crippen molar-refractivity contribution in [3.8, 4) is 11.5 Å². The standard InChI is InChI=1S/C28H25N3O5S/c1-5-36-27(33)23-16(2)30-28-31(26(32)22(37-28)13-17-7-6-12-29-15-17)25(23)24-20-14-19(34-3)10-8-18(20)9-11-21(24)35-4/h6-15,25H,5H2,1-4H3/b22-13+. The summed E-state index contributed by atoms with van der Waals surface area (Å²) in [5.41, 5.74) is 1.95. The number of rotatable bonds is 6. The number of allylic oxidation sites excluding steroid dienone is 1. The summed E-state index contributed by atoms with van der Waals surface area (Å²) >= 11 is 1.26. The maximum Gasteiger partial charge on any atom is 0.338 e. The van der Waals surface area contributed by atoms with Crippen molar-refractivity contribution in [3.05, 3.63) is 96.9 Å². The quantitative estimate of drug-likeness (QED) is 0.366. The molecule has 2 aromatic heterocycles. The van der Waals surface area contributed by atoms with Crippen LogP contribution >= 0.6 is 11.3 Å². The van der Waals surface area contributed by atoms with Gasteiger partial charge in [0.25, 0.3) is 5.56 Å². The summed E-state index contributed by atoms with van der Waals surface area (Å²) in [6.07, 6.45) is 5.14. The Hall–Kier alpha value is -4.24. The number of fused-ring (bicyclic) bond motifs is 2. The number of hydrogen-bond acceptors (Lipinski definition) is 8. The summed E-state index contributed by atoms with van der Waals surface area (Å²) in [5.74, 6) is 0.644. The summed E-state index contributed by atoms with van der Waals surface area (Å²) in [6, 6.07) is 12.3. The van der Waals surface area contributed by atoms with Gasteiger partial charge < -0.3 is 14.2 Å². The Kier molecular flexibility index (Phi) is 6.62. The predicted octanol–water partition coefficient (Wildman–Crippen LogP) is 3.36. The molecule has 0 aliphatic carbocycles. The molecule has 0 fully saturated rings. The van der Waals surface area contributed by atoms with Crippen LogP contribution in [0.5, 0.6) is 11.5 Å². The van der Waals surface area contributed by atoms with Gasteiger partial charge in [-0.3, -0.25) is 14.3 Å². The van der Waals surface area contributed by atoms with Crippen LogP contribution < -0.4 is 24.4 Å². The first-order valence-corrected chi connectivity index (χ1v) is 12.5. The number of nitrogens with zero attached hydrogens (tertiary/aromatic N) is 3. The molecule has 9 heteroatoms. The molecule has 3 heterocycles. The molecular weight excluding hydrogens is 490 g/mol. The number of thiazole rings is 1. The Bertz CT molecular complexity index is 1720. The summed E-state index contributed by atoms with van der Waals surface area (Å²) < 4.78 is 18.8. The molecule has 0 bridgehead atoms. The van der Waals surface area contributed by atoms with Gasteiger partial charge in [0.2, 0.25) is 0 Å². The first-order chi connectivity index (χ1) is 18.0. The maximum atomic E-state index is 13.9. The summed E-state index contributed by atoms with van der Waals surface area (Å²) in [7, 11) is 3.16. The Labute approximate surface area is 216 Å². The minimum Gasteiger partial charge on any atom is -0.497 e. The highest BCUT2D eigenvalue weighted by atomic mass is 32.1. The van der Waals surface area contributed by atoms with E-state index in [1.54, 1.807) is 51.1 Å². The molecule has 188 valence electrons. The van der Waals surface area contributed by atoms with Crippen molar-refractivity contribution in [2.24, 2.45) is 4.99 Å². The molecule has 1 unspecified atom stereocenters. The smallest absolute Gasteiger partial charge is 0.338 e. The van der Waals surface area contributed by atoms with Crippen LogP contribution in [0.15, 0.2) is 75.9 Å². The van der Waals surface area contributed by atoms with Gasteiger partial charge in [0.1, 0.15) is 17.5 Å². The number of esters is 1. The van der Waals surface area contributed by atoms with Gasteiger partial charge in [0, 0.05) is 18.0 Å². The second-order valence-electron chi connectivity index (χ2n) is 8.36. The summed E-state index contributed by atoms with van der Waals surface area (Å²) in [6.45, 7) is 3.69. The van der Waals surface area contributed by atoms with Gasteiger partial charge in [-0.1, -0.05) is 29.5 Å². The predicted molar refractivity (Wildman–Crippen MR) is 142 cm³/mol. The monoisotopic (exact) mass is 515 g/mol. The van der Waals surface area contributed by atoms with Gasteiger partial charge in [0.15, 0.2) is 4.80 Å². The second kappa shape index (κ2) is 10.0. The number of benzene rings is 2. The van der Waals surface area contributed by atoms with E-state index in [0.717, 1.165) is 16.3 Å². The third-order valence-electron chi connectivity index (χ3n) is 6.22. The fourth-order valence-electron chi connectivity index (χ4n) is 4.57. The van der Waals surface area contributed by atoms with Gasteiger partial charge in [-0.2, -0.15) is 0 Å². The normalized spacial score (nSPS) is 15.4. The van der Waals surface area contributed by atoms with Crippen molar-refractivity contribution in [3.63, 3.8) is 0 Å². The van der Waals surface area contributed by atoms with E-state index in [1.807, 2.05) is 42.5 Å². The summed E-state index contributed by atoms with van der Waals surface area (Å²) in [5, 5.41) is 1.70. The molecular formula is C28H25N3O5S. The third kappa shape index (κ3) is 4.31. The molecule has 2 aromatic carbocycles. The molecule has 0 N–H and O–H groups in total. The maximum absolute atomic E-state index is 13.9. The molecule has 37 heavy (non-hydrogen) atoms. The second-order valence-corrected chi connectivity index (χ2v) is 9.37. The first-order valence-electron chi connectivity index (χ1n) is 11.7. The zero-order valence-electron chi connectivity index (χ0n) is 20.8. The lowest BCUT2D eigenvalue weighted by Crippen LogP contribution is -2.40. The Balaban J connectivity index is 1.88. The molecule has 0 saturated heterocycles. The van der Waals surface area contributed by atoms with E-state index >= 15 is 0 Å². The van der Waals surface area contributed by atoms with Crippen molar-refractivity contribution in [1.82, 2.24) is 9.55 Å². The van der Waals surface area contributed by atoms with Crippen LogP contribution in [0.25, 0.3) is 16.8 Å². The van der Waals surface area contributed by atoms with Crippen molar-refractivity contribution in [2.75, 3.05) is 20.8 Å². The molecule has 8 nitrogen and oxygen atoms in total. The SMILES string of the molecule is CCOC(=O)C1=C(C)N=c2s/c(=C/c3cccnc3)c(=O)n2C1c1c(OC)ccc2ccc(OC)cc12. The number of aromatic nitrogens is 2. The number of ether oxygens (including phenoxy) is 3. The van der Waals surface area contributed by atoms with Crippen molar-refractivity contribution < 1.29 is 19.0 Å². The van der Waals surface area contributed by atoms with Gasteiger partial charge in [-0.05, 0) is 60.5 Å². The lowest BCUT2D eigenvalue weighted by Gasteiger charge is -2.27. The van der Waals surface area contributed by atoms with E-state index in [-0.39, 0.29) is 17.7 Å². The fraction of sp³-hybridized carbons (Fsp3) is 0.214. The van der Waals surface area contributed by atoms with Crippen LogP contribution in [0.4, 0.5) is 0 Å². The van der Waals surface area contributed by atoms with Crippen LogP contribution in [-0.4, -0.2) is 36.3 Å². The molecule has 1 aliphatic heterocycles. The van der Waals surface area contributed by atoms with Crippen LogP contribution in [0, 0.1) is 0 Å². The third-order valence-corrected chi connectivity index (χ3v) is 7.21. The van der Waals surface area contributed by atoms with Crippen LogP contribution in [0.3, 0.4) is 0 Å². The zero-order chi connectivity index (χ0) is 26.1. The van der Waals surface area contributed by atoms with Crippen LogP contribution in [0.1, 0.15) is 31.0 Å². The molecule has 0 amide bonds. The van der Waals surface area contributed by atoms with Crippen molar-refractivity contribution in [2.45, 2.75) is 19.9 Å². The molecule has 0 saturated carbocycles. The summed E-state index contributed by atoms with van der Waals surface area (Å²) in [4.78, 5) is 36.5. The van der Waals surface area contributed by atoms with Crippen LogP contribution in [-0.2, 0) is 9.53 Å². The largest absolute Gasteiger partial charge is 0.497 e. The van der Waals surface area contributed by atoms with E-state index in [0.29, 0.717) is 32.1 Å². The molecule has 4 aromatic rings. The first kappa shape index (κ1) is 24.5. The molecule has 1 atom stereocenters. The van der Waals surface area contributed by atoms with E-state index in [4.69, 9.17) is 14.2 Å². The molecule has 0 radical (unpaired) electrons.